The Labute approximate surface area is 167 Å². The van der Waals surface area contributed by atoms with Crippen LogP contribution in [0.4, 0.5) is 0 Å². The number of hydrazone groups is 1. The summed E-state index contributed by atoms with van der Waals surface area (Å²) in [5, 5.41) is 4.23. The summed E-state index contributed by atoms with van der Waals surface area (Å²) in [6.07, 6.45) is 0.0190. The van der Waals surface area contributed by atoms with Crippen molar-refractivity contribution in [3.63, 3.8) is 0 Å². The maximum atomic E-state index is 12.5. The van der Waals surface area contributed by atoms with Crippen LogP contribution in [0.5, 0.6) is 11.5 Å². The fourth-order valence-electron chi connectivity index (χ4n) is 2.64. The van der Waals surface area contributed by atoms with Crippen molar-refractivity contribution in [2.45, 2.75) is 53.1 Å². The van der Waals surface area contributed by atoms with Crippen LogP contribution >= 0.6 is 0 Å². The molecule has 2 rings (SSSR count). The highest BCUT2D eigenvalue weighted by Crippen LogP contribution is 2.29. The summed E-state index contributed by atoms with van der Waals surface area (Å²) in [4.78, 5) is 12.5. The van der Waals surface area contributed by atoms with E-state index in [1.54, 1.807) is 25.3 Å². The molecule has 0 unspecified atom stereocenters. The van der Waals surface area contributed by atoms with Crippen LogP contribution in [0.25, 0.3) is 0 Å². The van der Waals surface area contributed by atoms with Crippen molar-refractivity contribution < 1.29 is 14.3 Å². The quantitative estimate of drug-likeness (QED) is 0.569. The predicted molar refractivity (Wildman–Crippen MR) is 114 cm³/mol. The molecule has 0 spiro atoms. The minimum Gasteiger partial charge on any atom is -0.493 e. The third kappa shape index (κ3) is 5.59. The Kier molecular flexibility index (Phi) is 6.84. The van der Waals surface area contributed by atoms with Crippen LogP contribution in [0.1, 0.15) is 63.0 Å². The molecule has 0 heterocycles. The molecule has 0 bridgehead atoms. The average Bonchev–Trinajstić information content (AvgIpc) is 2.65. The number of amides is 1. The number of nitrogens with one attached hydrogen (secondary N) is 1. The highest BCUT2D eigenvalue weighted by atomic mass is 16.5. The average molecular weight is 383 g/mol. The van der Waals surface area contributed by atoms with Gasteiger partial charge in [0.15, 0.2) is 11.5 Å². The van der Waals surface area contributed by atoms with Gasteiger partial charge in [0.2, 0.25) is 0 Å². The highest BCUT2D eigenvalue weighted by Gasteiger charge is 2.14. The maximum Gasteiger partial charge on any atom is 0.271 e. The van der Waals surface area contributed by atoms with Gasteiger partial charge in [0, 0.05) is 5.56 Å². The van der Waals surface area contributed by atoms with E-state index in [1.807, 2.05) is 32.9 Å². The van der Waals surface area contributed by atoms with Crippen molar-refractivity contribution >= 4 is 11.6 Å². The van der Waals surface area contributed by atoms with E-state index in [-0.39, 0.29) is 17.4 Å². The molecule has 0 aliphatic heterocycles. The molecule has 0 aliphatic carbocycles. The molecule has 1 amide bonds. The zero-order valence-corrected chi connectivity index (χ0v) is 17.8. The molecule has 0 atom stereocenters. The molecule has 1 N–H and O–H groups in total. The van der Waals surface area contributed by atoms with Gasteiger partial charge in [-0.3, -0.25) is 4.79 Å². The summed E-state index contributed by atoms with van der Waals surface area (Å²) in [7, 11) is 1.55. The topological polar surface area (TPSA) is 59.9 Å². The third-order valence-corrected chi connectivity index (χ3v) is 4.28. The number of ether oxygens (including phenoxy) is 2. The summed E-state index contributed by atoms with van der Waals surface area (Å²) in [5.41, 5.74) is 6.11. The van der Waals surface area contributed by atoms with Crippen molar-refractivity contribution in [3.05, 3.63) is 59.2 Å². The third-order valence-electron chi connectivity index (χ3n) is 4.28. The molecule has 2 aromatic rings. The van der Waals surface area contributed by atoms with Gasteiger partial charge in [-0.1, -0.05) is 45.0 Å². The molecule has 150 valence electrons. The van der Waals surface area contributed by atoms with Crippen molar-refractivity contribution in [1.29, 1.82) is 0 Å². The number of methoxy groups -OCH3 is 1. The van der Waals surface area contributed by atoms with Crippen LogP contribution < -0.4 is 14.9 Å². The molecule has 0 aromatic heterocycles. The lowest BCUT2D eigenvalue weighted by Crippen LogP contribution is -2.19. The molecular weight excluding hydrogens is 352 g/mol. The summed E-state index contributed by atoms with van der Waals surface area (Å²) < 4.78 is 11.0. The van der Waals surface area contributed by atoms with Crippen LogP contribution in [0.2, 0.25) is 0 Å². The molecule has 0 saturated heterocycles. The monoisotopic (exact) mass is 382 g/mol. The first-order chi connectivity index (χ1) is 13.1. The summed E-state index contributed by atoms with van der Waals surface area (Å²) in [6, 6.07) is 13.3. The van der Waals surface area contributed by atoms with E-state index < -0.39 is 0 Å². The van der Waals surface area contributed by atoms with E-state index >= 15 is 0 Å². The summed E-state index contributed by atoms with van der Waals surface area (Å²) in [6.45, 7) is 12.3. The zero-order chi connectivity index (χ0) is 20.9. The van der Waals surface area contributed by atoms with Crippen LogP contribution in [-0.2, 0) is 5.41 Å². The molecule has 0 saturated carbocycles. The van der Waals surface area contributed by atoms with Crippen molar-refractivity contribution in [2.24, 2.45) is 5.10 Å². The minimum absolute atomic E-state index is 0.0190. The molecule has 0 radical (unpaired) electrons. The van der Waals surface area contributed by atoms with Gasteiger partial charge < -0.3 is 9.47 Å². The fraction of sp³-hybridized carbons (Fsp3) is 0.391. The molecule has 5 heteroatoms. The summed E-state index contributed by atoms with van der Waals surface area (Å²) >= 11 is 0. The first-order valence-corrected chi connectivity index (χ1v) is 9.42. The second-order valence-electron chi connectivity index (χ2n) is 8.00. The predicted octanol–water partition coefficient (Wildman–Crippen LogP) is 4.93. The lowest BCUT2D eigenvalue weighted by Gasteiger charge is -2.19. The van der Waals surface area contributed by atoms with Crippen molar-refractivity contribution in [1.82, 2.24) is 5.43 Å². The minimum atomic E-state index is -0.306. The number of hydrogen-bond donors (Lipinski definition) is 1. The Morgan fingerprint density at radius 2 is 1.61 bits per heavy atom. The van der Waals surface area contributed by atoms with E-state index in [4.69, 9.17) is 9.47 Å². The molecule has 0 fully saturated rings. The van der Waals surface area contributed by atoms with E-state index in [0.717, 1.165) is 11.3 Å². The maximum absolute atomic E-state index is 12.5. The van der Waals surface area contributed by atoms with E-state index in [0.29, 0.717) is 17.1 Å². The van der Waals surface area contributed by atoms with Gasteiger partial charge >= 0.3 is 0 Å². The Morgan fingerprint density at radius 1 is 1.00 bits per heavy atom. The first-order valence-electron chi connectivity index (χ1n) is 9.42. The Balaban J connectivity index is 2.11. The Bertz CT molecular complexity index is 847. The van der Waals surface area contributed by atoms with Gasteiger partial charge in [-0.05, 0) is 55.5 Å². The SMILES string of the molecule is COc1cc(C(=O)N/N=C(/C)c2ccc(C(C)(C)C)cc2)ccc1OC(C)C. The lowest BCUT2D eigenvalue weighted by molar-refractivity contribution is 0.0954. The van der Waals surface area contributed by atoms with Crippen LogP contribution in [0.15, 0.2) is 47.6 Å². The summed E-state index contributed by atoms with van der Waals surface area (Å²) in [5.74, 6) is 0.813. The molecule has 2 aromatic carbocycles. The van der Waals surface area contributed by atoms with Gasteiger partial charge in [0.1, 0.15) is 0 Å². The van der Waals surface area contributed by atoms with Gasteiger partial charge in [-0.25, -0.2) is 5.43 Å². The second kappa shape index (κ2) is 8.91. The van der Waals surface area contributed by atoms with Crippen molar-refractivity contribution in [3.8, 4) is 11.5 Å². The smallest absolute Gasteiger partial charge is 0.271 e. The molecule has 5 nitrogen and oxygen atoms in total. The lowest BCUT2D eigenvalue weighted by atomic mass is 9.86. The fourth-order valence-corrected chi connectivity index (χ4v) is 2.64. The zero-order valence-electron chi connectivity index (χ0n) is 17.8. The van der Waals surface area contributed by atoms with Crippen LogP contribution in [0, 0.1) is 0 Å². The number of benzene rings is 2. The van der Waals surface area contributed by atoms with Crippen LogP contribution in [-0.4, -0.2) is 24.8 Å². The largest absolute Gasteiger partial charge is 0.493 e. The van der Waals surface area contributed by atoms with Gasteiger partial charge in [-0.2, -0.15) is 5.10 Å². The number of nitrogens with zero attached hydrogens (tertiary/aromatic N) is 1. The standard InChI is InChI=1S/C23H30N2O3/c1-15(2)28-20-13-10-18(14-21(20)27-7)22(26)25-24-16(3)17-8-11-19(12-9-17)23(4,5)6/h8-15H,1-7H3,(H,25,26)/b24-16-. The normalized spacial score (nSPS) is 12.1. The van der Waals surface area contributed by atoms with E-state index in [9.17, 15) is 4.79 Å². The Hall–Kier alpha value is -2.82. The number of hydrogen-bond acceptors (Lipinski definition) is 4. The van der Waals surface area contributed by atoms with Crippen LogP contribution in [0.3, 0.4) is 0 Å². The highest BCUT2D eigenvalue weighted by molar-refractivity contribution is 6.01. The second-order valence-corrected chi connectivity index (χ2v) is 8.00. The molecular formula is C23H30N2O3. The number of carbonyl (C=O) groups excluding carboxylic acids is 1. The number of rotatable bonds is 6. The first kappa shape index (κ1) is 21.5. The van der Waals surface area contributed by atoms with E-state index in [2.05, 4.69) is 43.4 Å². The molecule has 28 heavy (non-hydrogen) atoms. The van der Waals surface area contributed by atoms with Gasteiger partial charge in [0.25, 0.3) is 5.91 Å². The van der Waals surface area contributed by atoms with E-state index in [1.165, 1.54) is 5.56 Å². The number of carbonyl (C=O) groups is 1. The van der Waals surface area contributed by atoms with Gasteiger partial charge in [0.05, 0.1) is 18.9 Å². The van der Waals surface area contributed by atoms with Crippen molar-refractivity contribution in [2.75, 3.05) is 7.11 Å². The molecule has 0 aliphatic rings. The van der Waals surface area contributed by atoms with Gasteiger partial charge in [-0.15, -0.1) is 0 Å². The Morgan fingerprint density at radius 3 is 2.14 bits per heavy atom.